The Balaban J connectivity index is 4.44. The summed E-state index contributed by atoms with van der Waals surface area (Å²) in [6.07, 6.45) is 72.8. The zero-order valence-corrected chi connectivity index (χ0v) is 44.6. The molecular weight excluding hydrogens is 841 g/mol. The van der Waals surface area contributed by atoms with Crippen LogP contribution in [0.15, 0.2) is 85.1 Å². The monoisotopic (exact) mass is 947 g/mol. The summed E-state index contributed by atoms with van der Waals surface area (Å²) in [6.45, 7) is 6.46. The Morgan fingerprint density at radius 2 is 0.632 bits per heavy atom. The normalized spacial score (nSPS) is 12.7. The Labute approximate surface area is 420 Å². The van der Waals surface area contributed by atoms with Gasteiger partial charge < -0.3 is 14.2 Å². The second kappa shape index (κ2) is 56.2. The van der Waals surface area contributed by atoms with Crippen molar-refractivity contribution in [2.24, 2.45) is 0 Å². The molecule has 0 aromatic carbocycles. The van der Waals surface area contributed by atoms with Crippen LogP contribution in [0, 0.1) is 0 Å². The third-order valence-electron chi connectivity index (χ3n) is 12.2. The van der Waals surface area contributed by atoms with E-state index in [1.54, 1.807) is 0 Å². The lowest BCUT2D eigenvalue weighted by Crippen LogP contribution is -2.30. The van der Waals surface area contributed by atoms with Crippen LogP contribution >= 0.6 is 0 Å². The van der Waals surface area contributed by atoms with Gasteiger partial charge in [-0.05, 0) is 96.3 Å². The van der Waals surface area contributed by atoms with E-state index < -0.39 is 6.10 Å². The Bertz CT molecular complexity index is 1320. The van der Waals surface area contributed by atoms with Crippen molar-refractivity contribution in [3.63, 3.8) is 0 Å². The third-order valence-corrected chi connectivity index (χ3v) is 12.2. The largest absolute Gasteiger partial charge is 0.462 e. The van der Waals surface area contributed by atoms with E-state index in [0.29, 0.717) is 19.3 Å². The zero-order valence-electron chi connectivity index (χ0n) is 44.6. The minimum absolute atomic E-state index is 0.0914. The smallest absolute Gasteiger partial charge is 0.306 e. The van der Waals surface area contributed by atoms with Crippen LogP contribution in [0.5, 0.6) is 0 Å². The first-order valence-corrected chi connectivity index (χ1v) is 28.6. The van der Waals surface area contributed by atoms with Crippen LogP contribution in [0.25, 0.3) is 0 Å². The number of allylic oxidation sites excluding steroid dienone is 14. The Morgan fingerprint density at radius 3 is 1.04 bits per heavy atom. The number of hydrogen-bond donors (Lipinski definition) is 0. The summed E-state index contributed by atoms with van der Waals surface area (Å²) in [5, 5.41) is 0. The number of carbonyl (C=O) groups is 3. The molecule has 1 atom stereocenters. The minimum Gasteiger partial charge on any atom is -0.462 e. The minimum atomic E-state index is -0.793. The van der Waals surface area contributed by atoms with Crippen molar-refractivity contribution in [1.29, 1.82) is 0 Å². The van der Waals surface area contributed by atoms with Crippen LogP contribution in [0.1, 0.15) is 271 Å². The number of hydrogen-bond acceptors (Lipinski definition) is 6. The molecule has 0 aromatic heterocycles. The molecule has 0 aliphatic rings. The summed E-state index contributed by atoms with van der Waals surface area (Å²) in [4.78, 5) is 38.2. The molecule has 0 radical (unpaired) electrons. The lowest BCUT2D eigenvalue weighted by Gasteiger charge is -2.18. The van der Waals surface area contributed by atoms with Crippen LogP contribution in [0.2, 0.25) is 0 Å². The Morgan fingerprint density at radius 1 is 0.324 bits per heavy atom. The summed E-state index contributed by atoms with van der Waals surface area (Å²) in [5.41, 5.74) is 0. The molecule has 0 spiro atoms. The summed E-state index contributed by atoms with van der Waals surface area (Å²) in [5.74, 6) is -0.920. The molecule has 0 bridgehead atoms. The van der Waals surface area contributed by atoms with Crippen LogP contribution in [-0.4, -0.2) is 37.2 Å². The highest BCUT2D eigenvalue weighted by Gasteiger charge is 2.19. The van der Waals surface area contributed by atoms with E-state index in [-0.39, 0.29) is 31.1 Å². The van der Waals surface area contributed by atoms with Gasteiger partial charge in [0.05, 0.1) is 0 Å². The maximum Gasteiger partial charge on any atom is 0.306 e. The second-order valence-electron chi connectivity index (χ2n) is 18.9. The molecule has 6 nitrogen and oxygen atoms in total. The van der Waals surface area contributed by atoms with E-state index in [0.717, 1.165) is 103 Å². The number of rotatable bonds is 51. The molecule has 0 heterocycles. The molecule has 0 fully saturated rings. The third kappa shape index (κ3) is 53.5. The van der Waals surface area contributed by atoms with Crippen molar-refractivity contribution >= 4 is 17.9 Å². The highest BCUT2D eigenvalue weighted by Crippen LogP contribution is 2.15. The van der Waals surface area contributed by atoms with Crippen molar-refractivity contribution < 1.29 is 28.6 Å². The fourth-order valence-electron chi connectivity index (χ4n) is 7.88. The van der Waals surface area contributed by atoms with Gasteiger partial charge in [0.15, 0.2) is 6.10 Å². The fourth-order valence-corrected chi connectivity index (χ4v) is 7.88. The van der Waals surface area contributed by atoms with E-state index in [4.69, 9.17) is 14.2 Å². The number of carbonyl (C=O) groups excluding carboxylic acids is 3. The number of ether oxygens (including phenoxy) is 3. The van der Waals surface area contributed by atoms with Crippen molar-refractivity contribution in [3.8, 4) is 0 Å². The van der Waals surface area contributed by atoms with Crippen molar-refractivity contribution in [1.82, 2.24) is 0 Å². The second-order valence-corrected chi connectivity index (χ2v) is 18.9. The van der Waals surface area contributed by atoms with E-state index in [1.807, 2.05) is 0 Å². The average Bonchev–Trinajstić information content (AvgIpc) is 3.34. The zero-order chi connectivity index (χ0) is 49.3. The number of unbranched alkanes of at least 4 members (excludes halogenated alkanes) is 29. The van der Waals surface area contributed by atoms with Crippen LogP contribution in [0.3, 0.4) is 0 Å². The van der Waals surface area contributed by atoms with E-state index in [9.17, 15) is 14.4 Å². The molecule has 0 aliphatic heterocycles. The first-order valence-electron chi connectivity index (χ1n) is 28.6. The molecule has 0 amide bonds. The van der Waals surface area contributed by atoms with Gasteiger partial charge in [-0.2, -0.15) is 0 Å². The van der Waals surface area contributed by atoms with E-state index in [1.165, 1.54) is 128 Å². The molecule has 0 saturated heterocycles. The van der Waals surface area contributed by atoms with Gasteiger partial charge in [-0.3, -0.25) is 14.4 Å². The van der Waals surface area contributed by atoms with Gasteiger partial charge in [0, 0.05) is 19.3 Å². The maximum atomic E-state index is 12.9. The van der Waals surface area contributed by atoms with Crippen molar-refractivity contribution in [3.05, 3.63) is 85.1 Å². The van der Waals surface area contributed by atoms with Gasteiger partial charge in [-0.25, -0.2) is 0 Å². The van der Waals surface area contributed by atoms with Gasteiger partial charge >= 0.3 is 17.9 Å². The van der Waals surface area contributed by atoms with Crippen LogP contribution < -0.4 is 0 Å². The standard InChI is InChI=1S/C62H106O6/c1-4-7-10-13-16-19-22-25-28-30-32-34-37-40-43-46-49-52-55-61(64)67-58-59(57-66-60(63)54-51-48-45-42-39-36-33-27-24-21-18-15-12-9-6-3)68-62(65)56-53-50-47-44-41-38-35-31-29-26-23-20-17-14-11-8-5-2/h9,12,15,17-18,20-21,24,26,28-30,32,34,59H,4-8,10-11,13-14,16,19,22-23,25,27,31,33,35-58H2,1-3H3/b12-9-,18-15-,20-17-,24-21-,29-26-,30-28-,34-32-. The van der Waals surface area contributed by atoms with Gasteiger partial charge in [0.1, 0.15) is 13.2 Å². The van der Waals surface area contributed by atoms with Gasteiger partial charge in [-0.15, -0.1) is 0 Å². The maximum absolute atomic E-state index is 12.9. The van der Waals surface area contributed by atoms with Crippen molar-refractivity contribution in [2.45, 2.75) is 277 Å². The van der Waals surface area contributed by atoms with Gasteiger partial charge in [0.2, 0.25) is 0 Å². The summed E-state index contributed by atoms with van der Waals surface area (Å²) in [6, 6.07) is 0. The lowest BCUT2D eigenvalue weighted by molar-refractivity contribution is -0.167. The predicted molar refractivity (Wildman–Crippen MR) is 293 cm³/mol. The molecule has 1 unspecified atom stereocenters. The molecular formula is C62H106O6. The Kier molecular flexibility index (Phi) is 53.4. The Hall–Kier alpha value is -3.41. The van der Waals surface area contributed by atoms with E-state index >= 15 is 0 Å². The van der Waals surface area contributed by atoms with Crippen molar-refractivity contribution in [2.75, 3.05) is 13.2 Å². The lowest BCUT2D eigenvalue weighted by atomic mass is 10.1. The number of esters is 3. The topological polar surface area (TPSA) is 78.9 Å². The molecule has 0 rings (SSSR count). The van der Waals surface area contributed by atoms with E-state index in [2.05, 4.69) is 106 Å². The first-order chi connectivity index (χ1) is 33.5. The molecule has 0 saturated carbocycles. The quantitative estimate of drug-likeness (QED) is 0.0199. The molecule has 0 N–H and O–H groups in total. The molecule has 6 heteroatoms. The molecule has 0 aromatic rings. The molecule has 390 valence electrons. The first kappa shape index (κ1) is 64.6. The average molecular weight is 948 g/mol. The highest BCUT2D eigenvalue weighted by molar-refractivity contribution is 5.71. The predicted octanol–water partition coefficient (Wildman–Crippen LogP) is 19.2. The summed E-state index contributed by atoms with van der Waals surface area (Å²) >= 11 is 0. The summed E-state index contributed by atoms with van der Waals surface area (Å²) in [7, 11) is 0. The van der Waals surface area contributed by atoms with Gasteiger partial charge in [0.25, 0.3) is 0 Å². The molecule has 68 heavy (non-hydrogen) atoms. The SMILES string of the molecule is CC\C=C/C=C\C=C/CCCCCCCCCC(=O)OCC(COC(=O)CCCCCCC/C=C\C=C/CCCCCCCCC)OC(=O)CCCCCCCCC/C=C\C/C=C\CCCCC. The fraction of sp³-hybridized carbons (Fsp3) is 0.726. The van der Waals surface area contributed by atoms with Crippen LogP contribution in [-0.2, 0) is 28.6 Å². The van der Waals surface area contributed by atoms with Gasteiger partial charge in [-0.1, -0.05) is 241 Å². The highest BCUT2D eigenvalue weighted by atomic mass is 16.6. The van der Waals surface area contributed by atoms with Crippen LogP contribution in [0.4, 0.5) is 0 Å². The summed E-state index contributed by atoms with van der Waals surface area (Å²) < 4.78 is 16.8. The molecule has 0 aliphatic carbocycles.